The van der Waals surface area contributed by atoms with Crippen LogP contribution in [0.15, 0.2) is 65.0 Å². The number of halogens is 2. The van der Waals surface area contributed by atoms with Crippen molar-refractivity contribution in [3.63, 3.8) is 0 Å². The van der Waals surface area contributed by atoms with Gasteiger partial charge in [-0.05, 0) is 59.5 Å². The molecule has 1 heterocycles. The molecule has 1 aromatic heterocycles. The van der Waals surface area contributed by atoms with E-state index in [-0.39, 0.29) is 0 Å². The molecule has 0 aliphatic rings. The normalized spacial score (nSPS) is 11.2. The van der Waals surface area contributed by atoms with Gasteiger partial charge >= 0.3 is 5.97 Å². The van der Waals surface area contributed by atoms with Crippen molar-refractivity contribution in [1.29, 1.82) is 0 Å². The Bertz CT molecular complexity index is 1010. The quantitative estimate of drug-likeness (QED) is 0.195. The van der Waals surface area contributed by atoms with Crippen LogP contribution < -0.4 is 9.47 Å². The van der Waals surface area contributed by atoms with Crippen molar-refractivity contribution in [2.45, 2.75) is 0 Å². The summed E-state index contributed by atoms with van der Waals surface area (Å²) in [6.07, 6.45) is 4.73. The predicted molar refractivity (Wildman–Crippen MR) is 116 cm³/mol. The monoisotopic (exact) mass is 431 g/mol. The smallest absolute Gasteiger partial charge is 0.336 e. The summed E-state index contributed by atoms with van der Waals surface area (Å²) in [5.41, 5.74) is 1.40. The van der Waals surface area contributed by atoms with Crippen LogP contribution in [0.3, 0.4) is 0 Å². The van der Waals surface area contributed by atoms with E-state index in [4.69, 9.17) is 32.7 Å². The molecule has 0 N–H and O–H groups in total. The number of esters is 1. The molecular weight excluding hydrogens is 417 g/mol. The van der Waals surface area contributed by atoms with E-state index in [1.54, 1.807) is 48.7 Å². The number of ether oxygens (including phenoxy) is 2. The molecule has 3 aromatic rings. The maximum Gasteiger partial charge on any atom is 0.336 e. The number of carbonyl (C=O) groups excluding carboxylic acids is 1. The fraction of sp³-hybridized carbons (Fsp3) is 0.0476. The van der Waals surface area contributed by atoms with Gasteiger partial charge in [0.05, 0.1) is 12.8 Å². The number of nitrogens with zero attached hydrogens (tertiary/aromatic N) is 1. The first-order valence-corrected chi connectivity index (χ1v) is 9.78. The zero-order chi connectivity index (χ0) is 19.9. The topological polar surface area (TPSA) is 47.9 Å². The zero-order valence-corrected chi connectivity index (χ0v) is 17.1. The van der Waals surface area contributed by atoms with Gasteiger partial charge < -0.3 is 9.47 Å². The summed E-state index contributed by atoms with van der Waals surface area (Å²) in [4.78, 5) is 17.3. The van der Waals surface area contributed by atoms with Crippen LogP contribution in [-0.2, 0) is 4.79 Å². The molecule has 28 heavy (non-hydrogen) atoms. The molecule has 142 valence electrons. The molecule has 0 aliphatic carbocycles. The second-order valence-corrected chi connectivity index (χ2v) is 7.42. The van der Waals surface area contributed by atoms with Crippen LogP contribution in [0.25, 0.3) is 6.08 Å². The average Bonchev–Trinajstić information content (AvgIpc) is 3.18. The molecule has 4 nitrogen and oxygen atoms in total. The van der Waals surface area contributed by atoms with Crippen LogP contribution >= 0.6 is 34.5 Å². The lowest BCUT2D eigenvalue weighted by Crippen LogP contribution is -2.05. The SMILES string of the molecule is COc1cc(C=Nc2cc(Cl)cc(Cl)c2)ccc1OC(=O)/C=C/c1cccs1. The number of hydrogen-bond acceptors (Lipinski definition) is 5. The van der Waals surface area contributed by atoms with Gasteiger partial charge in [-0.3, -0.25) is 4.99 Å². The Labute approximate surface area is 176 Å². The summed E-state index contributed by atoms with van der Waals surface area (Å²) in [7, 11) is 1.51. The molecule has 2 aromatic carbocycles. The molecule has 3 rings (SSSR count). The van der Waals surface area contributed by atoms with Crippen molar-refractivity contribution in [2.24, 2.45) is 4.99 Å². The molecule has 0 atom stereocenters. The molecule has 0 bridgehead atoms. The number of rotatable bonds is 6. The summed E-state index contributed by atoms with van der Waals surface area (Å²) < 4.78 is 10.7. The molecule has 7 heteroatoms. The number of thiophene rings is 1. The molecular formula is C21H15Cl2NO3S. The van der Waals surface area contributed by atoms with E-state index in [9.17, 15) is 4.79 Å². The maximum atomic E-state index is 12.0. The van der Waals surface area contributed by atoms with Crippen molar-refractivity contribution >= 4 is 58.5 Å². The van der Waals surface area contributed by atoms with Crippen LogP contribution in [-0.4, -0.2) is 19.3 Å². The second-order valence-electron chi connectivity index (χ2n) is 5.57. The Morgan fingerprint density at radius 1 is 1.07 bits per heavy atom. The van der Waals surface area contributed by atoms with Crippen molar-refractivity contribution < 1.29 is 14.3 Å². The highest BCUT2D eigenvalue weighted by Crippen LogP contribution is 2.29. The fourth-order valence-electron chi connectivity index (χ4n) is 2.29. The zero-order valence-electron chi connectivity index (χ0n) is 14.8. The van der Waals surface area contributed by atoms with Crippen LogP contribution in [0.4, 0.5) is 5.69 Å². The van der Waals surface area contributed by atoms with Gasteiger partial charge in [0.1, 0.15) is 0 Å². The third kappa shape index (κ3) is 5.70. The lowest BCUT2D eigenvalue weighted by Gasteiger charge is -2.08. The van der Waals surface area contributed by atoms with E-state index in [1.165, 1.54) is 24.5 Å². The third-order valence-corrected chi connectivity index (χ3v) is 4.81. The minimum atomic E-state index is -0.485. The Balaban J connectivity index is 1.72. The Morgan fingerprint density at radius 3 is 2.54 bits per heavy atom. The largest absolute Gasteiger partial charge is 0.493 e. The van der Waals surface area contributed by atoms with Crippen LogP contribution in [0.5, 0.6) is 11.5 Å². The Morgan fingerprint density at radius 2 is 1.86 bits per heavy atom. The Kier molecular flexibility index (Phi) is 6.87. The number of aliphatic imine (C=N–C) groups is 1. The molecule has 0 aliphatic heterocycles. The first-order chi connectivity index (χ1) is 13.5. The van der Waals surface area contributed by atoms with Crippen molar-refractivity contribution in [2.75, 3.05) is 7.11 Å². The summed E-state index contributed by atoms with van der Waals surface area (Å²) in [6, 6.07) is 14.0. The molecule has 0 radical (unpaired) electrons. The van der Waals surface area contributed by atoms with Crippen molar-refractivity contribution in [1.82, 2.24) is 0 Å². The highest BCUT2D eigenvalue weighted by atomic mass is 35.5. The number of carbonyl (C=O) groups is 1. The van der Waals surface area contributed by atoms with Gasteiger partial charge in [-0.1, -0.05) is 29.3 Å². The predicted octanol–water partition coefficient (Wildman–Crippen LogP) is 6.43. The fourth-order valence-corrected chi connectivity index (χ4v) is 3.42. The molecule has 0 saturated carbocycles. The molecule has 0 spiro atoms. The van der Waals surface area contributed by atoms with Crippen LogP contribution in [0.2, 0.25) is 10.0 Å². The number of hydrogen-bond donors (Lipinski definition) is 0. The van der Waals surface area contributed by atoms with Crippen molar-refractivity contribution in [3.8, 4) is 11.5 Å². The van der Waals surface area contributed by atoms with Gasteiger partial charge in [0.2, 0.25) is 0 Å². The van der Waals surface area contributed by atoms with Crippen LogP contribution in [0.1, 0.15) is 10.4 Å². The first-order valence-electron chi connectivity index (χ1n) is 8.15. The van der Waals surface area contributed by atoms with E-state index in [1.807, 2.05) is 17.5 Å². The molecule has 0 unspecified atom stereocenters. The van der Waals surface area contributed by atoms with Gasteiger partial charge in [0, 0.05) is 27.2 Å². The minimum absolute atomic E-state index is 0.325. The first kappa shape index (κ1) is 20.1. The lowest BCUT2D eigenvalue weighted by atomic mass is 10.2. The second kappa shape index (κ2) is 9.55. The van der Waals surface area contributed by atoms with E-state index in [0.29, 0.717) is 27.2 Å². The minimum Gasteiger partial charge on any atom is -0.493 e. The van der Waals surface area contributed by atoms with Gasteiger partial charge in [-0.25, -0.2) is 4.79 Å². The number of methoxy groups -OCH3 is 1. The number of benzene rings is 2. The average molecular weight is 432 g/mol. The van der Waals surface area contributed by atoms with Gasteiger partial charge in [-0.15, -0.1) is 11.3 Å². The summed E-state index contributed by atoms with van der Waals surface area (Å²) >= 11 is 13.5. The highest BCUT2D eigenvalue weighted by molar-refractivity contribution is 7.10. The van der Waals surface area contributed by atoms with Crippen LogP contribution in [0, 0.1) is 0 Å². The maximum absolute atomic E-state index is 12.0. The van der Waals surface area contributed by atoms with E-state index < -0.39 is 5.97 Å². The van der Waals surface area contributed by atoms with E-state index in [2.05, 4.69) is 4.99 Å². The highest BCUT2D eigenvalue weighted by Gasteiger charge is 2.09. The van der Waals surface area contributed by atoms with E-state index in [0.717, 1.165) is 10.4 Å². The lowest BCUT2D eigenvalue weighted by molar-refractivity contribution is -0.129. The molecule has 0 amide bonds. The standard InChI is InChI=1S/C21H15Cl2NO3S/c1-26-20-9-14(13-24-17-11-15(22)10-16(23)12-17)4-6-19(20)27-21(25)7-5-18-3-2-8-28-18/h2-13H,1H3/b7-5+,24-13?. The molecule has 0 fully saturated rings. The summed E-state index contributed by atoms with van der Waals surface area (Å²) in [5.74, 6) is 0.263. The van der Waals surface area contributed by atoms with Gasteiger partial charge in [-0.2, -0.15) is 0 Å². The van der Waals surface area contributed by atoms with E-state index >= 15 is 0 Å². The summed E-state index contributed by atoms with van der Waals surface area (Å²) in [5, 5.41) is 2.95. The summed E-state index contributed by atoms with van der Waals surface area (Å²) in [6.45, 7) is 0. The molecule has 0 saturated heterocycles. The van der Waals surface area contributed by atoms with Crippen molar-refractivity contribution in [3.05, 3.63) is 80.5 Å². The Hall–Kier alpha value is -2.60. The van der Waals surface area contributed by atoms with Gasteiger partial charge in [0.15, 0.2) is 11.5 Å². The van der Waals surface area contributed by atoms with Gasteiger partial charge in [0.25, 0.3) is 0 Å². The third-order valence-electron chi connectivity index (χ3n) is 3.54.